The molecule has 0 bridgehead atoms. The van der Waals surface area contributed by atoms with Gasteiger partial charge in [0.05, 0.1) is 22.8 Å². The van der Waals surface area contributed by atoms with Crippen molar-refractivity contribution < 1.29 is 13.6 Å². The largest absolute Gasteiger partial charge is 0.349 e. The first-order valence-electron chi connectivity index (χ1n) is 7.18. The number of rotatable bonds is 1. The summed E-state index contributed by atoms with van der Waals surface area (Å²) in [7, 11) is 0. The molecule has 0 aromatic heterocycles. The molecule has 4 nitrogen and oxygen atoms in total. The number of carbonyl (C=O) groups excluding carboxylic acids is 1. The number of carbonyl (C=O) groups is 1. The van der Waals surface area contributed by atoms with E-state index in [-0.39, 0.29) is 17.9 Å². The van der Waals surface area contributed by atoms with Gasteiger partial charge in [-0.3, -0.25) is 15.1 Å². The zero-order chi connectivity index (χ0) is 16.8. The maximum atomic E-state index is 14.0. The van der Waals surface area contributed by atoms with Crippen LogP contribution in [0.5, 0.6) is 0 Å². The smallest absolute Gasteiger partial charge is 0.237 e. The molecule has 2 aliphatic heterocycles. The molecular formula is C17H11F2N3OS. The lowest BCUT2D eigenvalue weighted by Crippen LogP contribution is -2.29. The van der Waals surface area contributed by atoms with Crippen LogP contribution in [-0.2, 0) is 4.79 Å². The Hall–Kier alpha value is -2.67. The van der Waals surface area contributed by atoms with Crippen molar-refractivity contribution in [2.75, 3.05) is 10.2 Å². The zero-order valence-electron chi connectivity index (χ0n) is 12.3. The molecule has 0 atom stereocenters. The van der Waals surface area contributed by atoms with Crippen LogP contribution in [0.3, 0.4) is 0 Å². The Balaban J connectivity index is 1.71. The Kier molecular flexibility index (Phi) is 3.38. The first kappa shape index (κ1) is 14.9. The minimum absolute atomic E-state index is 0.00102. The fraction of sp³-hybridized carbons (Fsp3) is 0.0588. The average molecular weight is 343 g/mol. The van der Waals surface area contributed by atoms with Crippen molar-refractivity contribution in [1.29, 1.82) is 5.41 Å². The van der Waals surface area contributed by atoms with Gasteiger partial charge in [-0.2, -0.15) is 0 Å². The minimum Gasteiger partial charge on any atom is -0.349 e. The van der Waals surface area contributed by atoms with Crippen molar-refractivity contribution in [2.24, 2.45) is 0 Å². The van der Waals surface area contributed by atoms with Crippen LogP contribution in [0, 0.1) is 17.0 Å². The zero-order valence-corrected chi connectivity index (χ0v) is 13.1. The van der Waals surface area contributed by atoms with Gasteiger partial charge in [0, 0.05) is 16.5 Å². The maximum absolute atomic E-state index is 14.0. The first-order valence-corrected chi connectivity index (χ1v) is 8.00. The SMILES string of the molecule is N=C1/C(=C2/Nc3ccccc3S2)CC(=O)N1c1ccc(F)cc1F. The minimum atomic E-state index is -0.866. The van der Waals surface area contributed by atoms with Crippen LogP contribution in [0.25, 0.3) is 0 Å². The number of nitrogens with zero attached hydrogens (tertiary/aromatic N) is 1. The molecule has 1 saturated heterocycles. The summed E-state index contributed by atoms with van der Waals surface area (Å²) < 4.78 is 27.1. The Morgan fingerprint density at radius 3 is 2.71 bits per heavy atom. The van der Waals surface area contributed by atoms with E-state index in [2.05, 4.69) is 5.32 Å². The number of halogens is 2. The Bertz CT molecular complexity index is 899. The van der Waals surface area contributed by atoms with Crippen LogP contribution in [0.1, 0.15) is 6.42 Å². The predicted octanol–water partition coefficient (Wildman–Crippen LogP) is 4.11. The van der Waals surface area contributed by atoms with Crippen LogP contribution in [0.4, 0.5) is 20.2 Å². The standard InChI is InChI=1S/C17H11F2N3OS/c18-9-5-6-13(11(19)7-9)22-15(23)8-10(16(22)20)17-21-12-3-1-2-4-14(12)24-17/h1-7,20-21H,8H2/b17-10-,20-16?. The van der Waals surface area contributed by atoms with Gasteiger partial charge in [0.1, 0.15) is 17.5 Å². The monoisotopic (exact) mass is 343 g/mol. The maximum Gasteiger partial charge on any atom is 0.237 e. The van der Waals surface area contributed by atoms with Crippen molar-refractivity contribution in [3.8, 4) is 0 Å². The number of fused-ring (bicyclic) bond motifs is 1. The van der Waals surface area contributed by atoms with E-state index in [4.69, 9.17) is 5.41 Å². The lowest BCUT2D eigenvalue weighted by Gasteiger charge is -2.16. The molecule has 2 aromatic carbocycles. The number of hydrogen-bond donors (Lipinski definition) is 2. The molecule has 2 aliphatic rings. The van der Waals surface area contributed by atoms with Gasteiger partial charge < -0.3 is 5.32 Å². The molecule has 1 amide bonds. The van der Waals surface area contributed by atoms with E-state index < -0.39 is 17.5 Å². The summed E-state index contributed by atoms with van der Waals surface area (Å²) in [6.45, 7) is 0. The highest BCUT2D eigenvalue weighted by atomic mass is 32.2. The Morgan fingerprint density at radius 1 is 1.17 bits per heavy atom. The van der Waals surface area contributed by atoms with Crippen molar-refractivity contribution in [2.45, 2.75) is 11.3 Å². The molecule has 0 unspecified atom stereocenters. The summed E-state index contributed by atoms with van der Waals surface area (Å²) in [6, 6.07) is 10.6. The Morgan fingerprint density at radius 2 is 1.96 bits per heavy atom. The summed E-state index contributed by atoms with van der Waals surface area (Å²) in [6.07, 6.45) is -0.00102. The number of anilines is 2. The summed E-state index contributed by atoms with van der Waals surface area (Å²) in [5.74, 6) is -2.09. The van der Waals surface area contributed by atoms with Crippen molar-refractivity contribution in [3.63, 3.8) is 0 Å². The number of para-hydroxylation sites is 1. The van der Waals surface area contributed by atoms with Gasteiger partial charge >= 0.3 is 0 Å². The van der Waals surface area contributed by atoms with Gasteiger partial charge in [-0.1, -0.05) is 23.9 Å². The number of thioether (sulfide) groups is 1. The van der Waals surface area contributed by atoms with Gasteiger partial charge in [-0.05, 0) is 24.3 Å². The molecule has 1 fully saturated rings. The van der Waals surface area contributed by atoms with E-state index in [1.165, 1.54) is 17.8 Å². The second-order valence-electron chi connectivity index (χ2n) is 5.38. The molecule has 0 radical (unpaired) electrons. The summed E-state index contributed by atoms with van der Waals surface area (Å²) >= 11 is 1.44. The van der Waals surface area contributed by atoms with Crippen LogP contribution in [0.2, 0.25) is 0 Å². The second kappa shape index (κ2) is 5.45. The Labute approximate surface area is 140 Å². The molecule has 0 saturated carbocycles. The normalized spacial score (nSPS) is 19.7. The van der Waals surface area contributed by atoms with Crippen molar-refractivity contribution in [3.05, 3.63) is 64.7 Å². The highest BCUT2D eigenvalue weighted by Crippen LogP contribution is 2.44. The van der Waals surface area contributed by atoms with Crippen LogP contribution >= 0.6 is 11.8 Å². The molecule has 2 aromatic rings. The lowest BCUT2D eigenvalue weighted by molar-refractivity contribution is -0.116. The van der Waals surface area contributed by atoms with E-state index >= 15 is 0 Å². The number of amidine groups is 1. The molecule has 7 heteroatoms. The number of hydrogen-bond acceptors (Lipinski definition) is 4. The number of benzene rings is 2. The molecule has 0 aliphatic carbocycles. The lowest BCUT2D eigenvalue weighted by atomic mass is 10.2. The van der Waals surface area contributed by atoms with Gasteiger partial charge in [-0.25, -0.2) is 8.78 Å². The second-order valence-corrected chi connectivity index (χ2v) is 6.43. The van der Waals surface area contributed by atoms with Crippen LogP contribution in [-0.4, -0.2) is 11.7 Å². The first-order chi connectivity index (χ1) is 11.5. The fourth-order valence-electron chi connectivity index (χ4n) is 2.73. The van der Waals surface area contributed by atoms with E-state index in [1.54, 1.807) is 0 Å². The fourth-order valence-corrected chi connectivity index (χ4v) is 3.78. The van der Waals surface area contributed by atoms with Gasteiger partial charge in [0.25, 0.3) is 0 Å². The van der Waals surface area contributed by atoms with Crippen molar-refractivity contribution in [1.82, 2.24) is 0 Å². The number of nitrogens with one attached hydrogen (secondary N) is 2. The molecule has 2 heterocycles. The summed E-state index contributed by atoms with van der Waals surface area (Å²) in [4.78, 5) is 14.3. The topological polar surface area (TPSA) is 56.2 Å². The summed E-state index contributed by atoms with van der Waals surface area (Å²) in [5.41, 5.74) is 1.31. The molecule has 24 heavy (non-hydrogen) atoms. The highest BCUT2D eigenvalue weighted by Gasteiger charge is 2.37. The third-order valence-electron chi connectivity index (χ3n) is 3.86. The van der Waals surface area contributed by atoms with E-state index in [0.717, 1.165) is 21.5 Å². The average Bonchev–Trinajstić information content (AvgIpc) is 3.09. The quantitative estimate of drug-likeness (QED) is 0.819. The molecular weight excluding hydrogens is 332 g/mol. The highest BCUT2D eigenvalue weighted by molar-refractivity contribution is 8.03. The van der Waals surface area contributed by atoms with Crippen molar-refractivity contribution >= 4 is 34.9 Å². The van der Waals surface area contributed by atoms with E-state index in [1.807, 2.05) is 24.3 Å². The van der Waals surface area contributed by atoms with Gasteiger partial charge in [-0.15, -0.1) is 0 Å². The van der Waals surface area contributed by atoms with E-state index in [0.29, 0.717) is 16.7 Å². The third kappa shape index (κ3) is 2.28. The van der Waals surface area contributed by atoms with Gasteiger partial charge in [0.2, 0.25) is 5.91 Å². The predicted molar refractivity (Wildman–Crippen MR) is 89.1 cm³/mol. The third-order valence-corrected chi connectivity index (χ3v) is 4.99. The van der Waals surface area contributed by atoms with E-state index in [9.17, 15) is 13.6 Å². The summed E-state index contributed by atoms with van der Waals surface area (Å²) in [5, 5.41) is 12.2. The van der Waals surface area contributed by atoms with Crippen LogP contribution < -0.4 is 10.2 Å². The molecule has 4 rings (SSSR count). The molecule has 120 valence electrons. The molecule has 2 N–H and O–H groups in total. The van der Waals surface area contributed by atoms with Crippen LogP contribution in [0.15, 0.2) is 58.0 Å². The van der Waals surface area contributed by atoms with Gasteiger partial charge in [0.15, 0.2) is 0 Å². The number of amides is 1. The molecule has 0 spiro atoms.